The summed E-state index contributed by atoms with van der Waals surface area (Å²) < 4.78 is 28.1. The van der Waals surface area contributed by atoms with Crippen molar-refractivity contribution in [1.29, 1.82) is 5.41 Å². The summed E-state index contributed by atoms with van der Waals surface area (Å²) in [6.45, 7) is 2.41. The Bertz CT molecular complexity index is 1200. The number of aromatic hydroxyl groups is 1. The van der Waals surface area contributed by atoms with Gasteiger partial charge in [0.05, 0.1) is 11.3 Å². The molecule has 0 aliphatic carbocycles. The highest BCUT2D eigenvalue weighted by atomic mass is 19.3. The van der Waals surface area contributed by atoms with Crippen molar-refractivity contribution in [2.24, 2.45) is 5.73 Å². The van der Waals surface area contributed by atoms with E-state index in [9.17, 15) is 18.7 Å². The summed E-state index contributed by atoms with van der Waals surface area (Å²) in [6, 6.07) is 7.48. The molecule has 1 aromatic carbocycles. The van der Waals surface area contributed by atoms with E-state index in [0.717, 1.165) is 11.8 Å². The number of benzene rings is 1. The fourth-order valence-corrected chi connectivity index (χ4v) is 3.66. The number of nitrogens with one attached hydrogen (secondary N) is 2. The van der Waals surface area contributed by atoms with Crippen molar-refractivity contribution in [3.8, 4) is 11.4 Å². The first-order chi connectivity index (χ1) is 15.7. The molecule has 12 heteroatoms. The molecule has 3 heterocycles. The number of carbonyl (C=O) groups excluding carboxylic acids is 1. The number of amidine groups is 1. The van der Waals surface area contributed by atoms with E-state index in [-0.39, 0.29) is 29.9 Å². The van der Waals surface area contributed by atoms with Crippen LogP contribution in [0.5, 0.6) is 5.75 Å². The summed E-state index contributed by atoms with van der Waals surface area (Å²) in [5.74, 6) is -0.699. The maximum absolute atomic E-state index is 13.2. The molecule has 1 saturated heterocycles. The van der Waals surface area contributed by atoms with Crippen molar-refractivity contribution in [3.05, 3.63) is 59.3 Å². The zero-order chi connectivity index (χ0) is 23.7. The number of hydrogen-bond acceptors (Lipinski definition) is 7. The van der Waals surface area contributed by atoms with Crippen LogP contribution in [0, 0.1) is 12.3 Å². The summed E-state index contributed by atoms with van der Waals surface area (Å²) in [5, 5.41) is 25.1. The second kappa shape index (κ2) is 8.81. The molecule has 172 valence electrons. The highest BCUT2D eigenvalue weighted by Crippen LogP contribution is 2.34. The summed E-state index contributed by atoms with van der Waals surface area (Å²) in [7, 11) is 0. The zero-order valence-electron chi connectivity index (χ0n) is 17.7. The van der Waals surface area contributed by atoms with Crippen LogP contribution in [0.25, 0.3) is 5.69 Å². The Morgan fingerprint density at radius 2 is 2.06 bits per heavy atom. The molecule has 3 aromatic rings. The van der Waals surface area contributed by atoms with Crippen LogP contribution < -0.4 is 16.0 Å². The standard InChI is InChI=1S/C21H22F2N8O2/c1-11-26-10-31(29-11)14-4-2-12(3-5-14)21(33)27-13-6-7-30(9-13)20-17(32)15(19(24)25)8-16(28-20)18(22)23/h2-5,8,10,13,18,32H,6-7,9H2,1H3,(H3,24,25)(H,27,33). The topological polar surface area (TPSA) is 146 Å². The van der Waals surface area contributed by atoms with Gasteiger partial charge in [-0.1, -0.05) is 0 Å². The summed E-state index contributed by atoms with van der Waals surface area (Å²) in [4.78, 5) is 22.2. The van der Waals surface area contributed by atoms with E-state index in [2.05, 4.69) is 20.4 Å². The molecule has 5 N–H and O–H groups in total. The lowest BCUT2D eigenvalue weighted by molar-refractivity contribution is 0.0940. The lowest BCUT2D eigenvalue weighted by atomic mass is 10.1. The lowest BCUT2D eigenvalue weighted by Crippen LogP contribution is -2.37. The van der Waals surface area contributed by atoms with Gasteiger partial charge < -0.3 is 21.1 Å². The van der Waals surface area contributed by atoms with E-state index >= 15 is 0 Å². The third-order valence-corrected chi connectivity index (χ3v) is 5.33. The van der Waals surface area contributed by atoms with Gasteiger partial charge in [0.1, 0.15) is 23.7 Å². The molecule has 1 amide bonds. The predicted molar refractivity (Wildman–Crippen MR) is 116 cm³/mol. The molecular weight excluding hydrogens is 434 g/mol. The number of amides is 1. The fourth-order valence-electron chi connectivity index (χ4n) is 3.66. The monoisotopic (exact) mass is 456 g/mol. The fraction of sp³-hybridized carbons (Fsp3) is 0.286. The SMILES string of the molecule is Cc1ncn(-c2ccc(C(=O)NC3CCN(c4nc(C(F)F)cc(C(=N)N)c4O)C3)cc2)n1. The molecule has 1 fully saturated rings. The van der Waals surface area contributed by atoms with Crippen molar-refractivity contribution in [2.45, 2.75) is 25.8 Å². The Kier molecular flexibility index (Phi) is 5.90. The minimum Gasteiger partial charge on any atom is -0.504 e. The van der Waals surface area contributed by atoms with E-state index in [4.69, 9.17) is 11.1 Å². The van der Waals surface area contributed by atoms with Crippen LogP contribution in [0.15, 0.2) is 36.7 Å². The average Bonchev–Trinajstić information content (AvgIpc) is 3.42. The first-order valence-corrected chi connectivity index (χ1v) is 10.1. The van der Waals surface area contributed by atoms with Gasteiger partial charge in [-0.3, -0.25) is 10.2 Å². The zero-order valence-corrected chi connectivity index (χ0v) is 17.7. The van der Waals surface area contributed by atoms with Crippen LogP contribution in [0.3, 0.4) is 0 Å². The van der Waals surface area contributed by atoms with Gasteiger partial charge in [0.2, 0.25) is 0 Å². The summed E-state index contributed by atoms with van der Waals surface area (Å²) in [6.07, 6.45) is -0.774. The predicted octanol–water partition coefficient (Wildman–Crippen LogP) is 1.91. The van der Waals surface area contributed by atoms with Crippen LogP contribution >= 0.6 is 0 Å². The largest absolute Gasteiger partial charge is 0.504 e. The van der Waals surface area contributed by atoms with Crippen molar-refractivity contribution in [1.82, 2.24) is 25.1 Å². The number of rotatable bonds is 6. The maximum Gasteiger partial charge on any atom is 0.280 e. The van der Waals surface area contributed by atoms with Gasteiger partial charge in [-0.05, 0) is 43.7 Å². The Hall–Kier alpha value is -4.09. The molecule has 2 aromatic heterocycles. The number of halogens is 2. The van der Waals surface area contributed by atoms with Crippen molar-refractivity contribution in [3.63, 3.8) is 0 Å². The van der Waals surface area contributed by atoms with Crippen LogP contribution in [0.2, 0.25) is 0 Å². The van der Waals surface area contributed by atoms with Crippen LogP contribution in [0.4, 0.5) is 14.6 Å². The third kappa shape index (κ3) is 4.59. The number of aromatic nitrogens is 4. The van der Waals surface area contributed by atoms with Gasteiger partial charge in [-0.25, -0.2) is 23.4 Å². The summed E-state index contributed by atoms with van der Waals surface area (Å²) >= 11 is 0. The lowest BCUT2D eigenvalue weighted by Gasteiger charge is -2.21. The van der Waals surface area contributed by atoms with Crippen molar-refractivity contribution >= 4 is 17.6 Å². The molecule has 0 spiro atoms. The molecule has 1 atom stereocenters. The van der Waals surface area contributed by atoms with E-state index < -0.39 is 23.7 Å². The minimum absolute atomic E-state index is 0.0813. The number of nitrogen functional groups attached to an aromatic ring is 1. The molecule has 1 unspecified atom stereocenters. The van der Waals surface area contributed by atoms with E-state index in [1.165, 1.54) is 0 Å². The minimum atomic E-state index is -2.88. The molecule has 0 radical (unpaired) electrons. The molecule has 10 nitrogen and oxygen atoms in total. The van der Waals surface area contributed by atoms with Gasteiger partial charge in [-0.15, -0.1) is 0 Å². The van der Waals surface area contributed by atoms with Crippen LogP contribution in [-0.4, -0.2) is 55.7 Å². The summed E-state index contributed by atoms with van der Waals surface area (Å²) in [5.41, 5.74) is 5.86. The van der Waals surface area contributed by atoms with Crippen LogP contribution in [-0.2, 0) is 0 Å². The number of anilines is 1. The average molecular weight is 456 g/mol. The molecular formula is C21H22F2N8O2. The Morgan fingerprint density at radius 1 is 1.33 bits per heavy atom. The molecule has 1 aliphatic heterocycles. The molecule has 33 heavy (non-hydrogen) atoms. The Labute approximate surface area is 187 Å². The number of hydrogen-bond donors (Lipinski definition) is 4. The van der Waals surface area contributed by atoms with Gasteiger partial charge in [0.15, 0.2) is 11.6 Å². The molecule has 0 saturated carbocycles. The maximum atomic E-state index is 13.2. The number of aryl methyl sites for hydroxylation is 1. The van der Waals surface area contributed by atoms with Gasteiger partial charge >= 0.3 is 0 Å². The first kappa shape index (κ1) is 22.1. The van der Waals surface area contributed by atoms with Gasteiger partial charge in [-0.2, -0.15) is 5.10 Å². The number of carbonyl (C=O) groups is 1. The second-order valence-electron chi connectivity index (χ2n) is 7.67. The Morgan fingerprint density at radius 3 is 2.67 bits per heavy atom. The number of nitrogens with zero attached hydrogens (tertiary/aromatic N) is 5. The first-order valence-electron chi connectivity index (χ1n) is 10.1. The van der Waals surface area contributed by atoms with Crippen molar-refractivity contribution < 1.29 is 18.7 Å². The van der Waals surface area contributed by atoms with Gasteiger partial charge in [0, 0.05) is 24.7 Å². The number of nitrogens with two attached hydrogens (primary N) is 1. The van der Waals surface area contributed by atoms with Gasteiger partial charge in [0.25, 0.3) is 12.3 Å². The quantitative estimate of drug-likeness (QED) is 0.327. The van der Waals surface area contributed by atoms with E-state index in [1.807, 2.05) is 0 Å². The highest BCUT2D eigenvalue weighted by Gasteiger charge is 2.29. The van der Waals surface area contributed by atoms with E-state index in [1.54, 1.807) is 47.1 Å². The third-order valence-electron chi connectivity index (χ3n) is 5.33. The normalized spacial score (nSPS) is 15.8. The van der Waals surface area contributed by atoms with E-state index in [0.29, 0.717) is 24.4 Å². The highest BCUT2D eigenvalue weighted by molar-refractivity contribution is 5.99. The number of pyridine rings is 1. The van der Waals surface area contributed by atoms with Crippen molar-refractivity contribution in [2.75, 3.05) is 18.0 Å². The Balaban J connectivity index is 1.45. The smallest absolute Gasteiger partial charge is 0.280 e. The second-order valence-corrected chi connectivity index (χ2v) is 7.67. The number of alkyl halides is 2. The molecule has 1 aliphatic rings. The van der Waals surface area contributed by atoms with Crippen LogP contribution in [0.1, 0.15) is 40.3 Å². The molecule has 0 bridgehead atoms. The molecule has 4 rings (SSSR count).